The highest BCUT2D eigenvalue weighted by molar-refractivity contribution is 6.30. The highest BCUT2D eigenvalue weighted by Crippen LogP contribution is 2.23. The van der Waals surface area contributed by atoms with Gasteiger partial charge in [-0.15, -0.1) is 0 Å². The molecule has 200 valence electrons. The number of rotatable bonds is 9. The number of phenols is 1. The average Bonchev–Trinajstić information content (AvgIpc) is 3.46. The zero-order valence-corrected chi connectivity index (χ0v) is 22.0. The molecule has 0 radical (unpaired) electrons. The highest BCUT2D eigenvalue weighted by atomic mass is 35.5. The fourth-order valence-corrected chi connectivity index (χ4v) is 4.52. The number of carboxylic acids is 1. The van der Waals surface area contributed by atoms with Crippen LogP contribution in [0, 0.1) is 0 Å². The number of pyridine rings is 1. The molecule has 0 spiro atoms. The Balaban J connectivity index is 1.41. The van der Waals surface area contributed by atoms with Gasteiger partial charge in [0.25, 0.3) is 5.91 Å². The molecule has 1 amide bonds. The number of nitrogens with zero attached hydrogens (tertiary/aromatic N) is 3. The maximum atomic E-state index is 13.3. The minimum atomic E-state index is -1.15. The molecule has 1 atom stereocenters. The molecule has 8 nitrogen and oxygen atoms in total. The van der Waals surface area contributed by atoms with Crippen molar-refractivity contribution in [2.75, 3.05) is 0 Å². The van der Waals surface area contributed by atoms with E-state index < -0.39 is 11.9 Å². The van der Waals surface area contributed by atoms with Crippen LogP contribution in [0.25, 0.3) is 23.1 Å². The van der Waals surface area contributed by atoms with Crippen molar-refractivity contribution in [3.8, 4) is 5.75 Å². The number of carbonyl (C=O) groups excluding carboxylic acids is 1. The van der Waals surface area contributed by atoms with Gasteiger partial charge in [-0.05, 0) is 65.6 Å². The number of fused-ring (bicyclic) bond motifs is 1. The third kappa shape index (κ3) is 6.54. The molecule has 0 bridgehead atoms. The minimum absolute atomic E-state index is 0.00990. The van der Waals surface area contributed by atoms with Gasteiger partial charge < -0.3 is 20.1 Å². The largest absolute Gasteiger partial charge is 0.508 e. The Bertz CT molecular complexity index is 1680. The van der Waals surface area contributed by atoms with E-state index in [9.17, 15) is 19.8 Å². The summed E-state index contributed by atoms with van der Waals surface area (Å²) in [5, 5.41) is 23.6. The maximum absolute atomic E-state index is 13.3. The van der Waals surface area contributed by atoms with E-state index in [1.807, 2.05) is 34.9 Å². The number of amides is 1. The molecule has 0 aliphatic heterocycles. The number of halogens is 1. The summed E-state index contributed by atoms with van der Waals surface area (Å²) in [6.45, 7) is 0.440. The van der Waals surface area contributed by atoms with Gasteiger partial charge in [0.15, 0.2) is 0 Å². The Morgan fingerprint density at radius 1 is 0.975 bits per heavy atom. The van der Waals surface area contributed by atoms with E-state index >= 15 is 0 Å². The Labute approximate surface area is 235 Å². The minimum Gasteiger partial charge on any atom is -0.508 e. The molecule has 2 heterocycles. The van der Waals surface area contributed by atoms with Gasteiger partial charge >= 0.3 is 5.97 Å². The quantitative estimate of drug-likeness (QED) is 0.202. The molecule has 5 rings (SSSR count). The lowest BCUT2D eigenvalue weighted by molar-refractivity contribution is 0.0699. The second kappa shape index (κ2) is 11.8. The van der Waals surface area contributed by atoms with Crippen LogP contribution < -0.4 is 5.32 Å². The van der Waals surface area contributed by atoms with E-state index in [0.29, 0.717) is 28.9 Å². The Kier molecular flexibility index (Phi) is 7.89. The maximum Gasteiger partial charge on any atom is 0.336 e. The summed E-state index contributed by atoms with van der Waals surface area (Å²) in [5.74, 6) is -1.48. The number of benzene rings is 3. The van der Waals surface area contributed by atoms with E-state index in [2.05, 4.69) is 15.3 Å². The van der Waals surface area contributed by atoms with Gasteiger partial charge in [0, 0.05) is 29.3 Å². The van der Waals surface area contributed by atoms with Gasteiger partial charge in [0.2, 0.25) is 0 Å². The monoisotopic (exact) mass is 552 g/mol. The molecule has 5 aromatic rings. The first kappa shape index (κ1) is 26.6. The van der Waals surface area contributed by atoms with Gasteiger partial charge in [0.1, 0.15) is 11.4 Å². The zero-order valence-electron chi connectivity index (χ0n) is 21.2. The number of nitrogens with one attached hydrogen (secondary N) is 1. The molecule has 9 heteroatoms. The first-order valence-electron chi connectivity index (χ1n) is 12.5. The molecular weight excluding hydrogens is 528 g/mol. The number of hydrogen-bond donors (Lipinski definition) is 3. The van der Waals surface area contributed by atoms with Gasteiger partial charge in [-0.25, -0.2) is 14.8 Å². The van der Waals surface area contributed by atoms with E-state index in [-0.39, 0.29) is 23.0 Å². The first-order chi connectivity index (χ1) is 19.3. The molecule has 0 aliphatic carbocycles. The van der Waals surface area contributed by atoms with E-state index in [0.717, 1.165) is 16.7 Å². The summed E-state index contributed by atoms with van der Waals surface area (Å²) in [5.41, 5.74) is 3.06. The molecule has 40 heavy (non-hydrogen) atoms. The third-order valence-electron chi connectivity index (χ3n) is 6.38. The van der Waals surface area contributed by atoms with Crippen LogP contribution in [0.2, 0.25) is 5.02 Å². The lowest BCUT2D eigenvalue weighted by Gasteiger charge is -2.20. The molecule has 3 aromatic carbocycles. The lowest BCUT2D eigenvalue weighted by atomic mass is 10.0. The number of carboxylic acid groups (broad SMARTS) is 1. The number of carbonyl (C=O) groups is 2. The van der Waals surface area contributed by atoms with Crippen LogP contribution in [0.1, 0.15) is 37.5 Å². The molecule has 0 unspecified atom stereocenters. The number of imidazole rings is 1. The van der Waals surface area contributed by atoms with Crippen LogP contribution in [0.3, 0.4) is 0 Å². The molecule has 0 saturated carbocycles. The normalized spacial score (nSPS) is 12.0. The topological polar surface area (TPSA) is 117 Å². The molecule has 0 aliphatic rings. The number of aromatic hydroxyl groups is 1. The molecule has 0 fully saturated rings. The van der Waals surface area contributed by atoms with E-state index in [1.54, 1.807) is 67.3 Å². The molecule has 3 N–H and O–H groups in total. The van der Waals surface area contributed by atoms with Crippen molar-refractivity contribution in [1.29, 1.82) is 0 Å². The number of aromatic carboxylic acids is 1. The first-order valence-corrected chi connectivity index (χ1v) is 12.9. The number of phenolic OH excluding ortho intramolecular Hbond substituents is 1. The van der Waals surface area contributed by atoms with E-state index in [4.69, 9.17) is 11.6 Å². The fourth-order valence-electron chi connectivity index (χ4n) is 4.39. The van der Waals surface area contributed by atoms with Crippen LogP contribution in [-0.2, 0) is 13.0 Å². The average molecular weight is 553 g/mol. The summed E-state index contributed by atoms with van der Waals surface area (Å²) in [6.07, 6.45) is 9.37. The molecule has 2 aromatic heterocycles. The van der Waals surface area contributed by atoms with Crippen LogP contribution in [-0.4, -0.2) is 42.7 Å². The van der Waals surface area contributed by atoms with Gasteiger partial charge in [-0.2, -0.15) is 0 Å². The van der Waals surface area contributed by atoms with Gasteiger partial charge in [-0.1, -0.05) is 54.1 Å². The van der Waals surface area contributed by atoms with Crippen LogP contribution in [0.5, 0.6) is 5.75 Å². The van der Waals surface area contributed by atoms with Gasteiger partial charge in [-0.3, -0.25) is 4.79 Å². The predicted octanol–water partition coefficient (Wildman–Crippen LogP) is 5.70. The lowest BCUT2D eigenvalue weighted by Crippen LogP contribution is -2.39. The van der Waals surface area contributed by atoms with Crippen molar-refractivity contribution < 1.29 is 19.8 Å². The second-order valence-electron chi connectivity index (χ2n) is 9.32. The van der Waals surface area contributed by atoms with Crippen molar-refractivity contribution >= 4 is 46.5 Å². The Morgan fingerprint density at radius 3 is 2.40 bits per heavy atom. The number of hydrogen-bond acceptors (Lipinski definition) is 5. The summed E-state index contributed by atoms with van der Waals surface area (Å²) in [6, 6.07) is 20.4. The van der Waals surface area contributed by atoms with Crippen molar-refractivity contribution in [3.05, 3.63) is 124 Å². The second-order valence-corrected chi connectivity index (χ2v) is 9.76. The summed E-state index contributed by atoms with van der Waals surface area (Å²) >= 11 is 5.95. The highest BCUT2D eigenvalue weighted by Gasteiger charge is 2.20. The zero-order chi connectivity index (χ0) is 28.1. The summed E-state index contributed by atoms with van der Waals surface area (Å²) < 4.78 is 1.85. The standard InChI is InChI=1S/C31H25ClN4O4/c32-23-8-3-20(4-9-23)1-2-22-7-12-28-26(16-22)27(31(39)40)17-29(35-28)30(38)34-24(18-36-14-13-33-19-36)15-21-5-10-25(37)11-6-21/h1-14,16-17,19,24,37H,15,18H2,(H,34,38)(H,39,40)/t24-/m0/s1. The van der Waals surface area contributed by atoms with E-state index in [1.165, 1.54) is 6.07 Å². The third-order valence-corrected chi connectivity index (χ3v) is 6.63. The Hall–Kier alpha value is -4.95. The fraction of sp³-hybridized carbons (Fsp3) is 0.0968. The van der Waals surface area contributed by atoms with Gasteiger partial charge in [0.05, 0.1) is 23.4 Å². The van der Waals surface area contributed by atoms with Crippen molar-refractivity contribution in [3.63, 3.8) is 0 Å². The Morgan fingerprint density at radius 2 is 1.70 bits per heavy atom. The molecule has 0 saturated heterocycles. The smallest absolute Gasteiger partial charge is 0.336 e. The van der Waals surface area contributed by atoms with Crippen molar-refractivity contribution in [1.82, 2.24) is 19.9 Å². The molecular formula is C31H25ClN4O4. The van der Waals surface area contributed by atoms with Crippen LogP contribution in [0.15, 0.2) is 91.5 Å². The van der Waals surface area contributed by atoms with Crippen LogP contribution >= 0.6 is 11.6 Å². The summed E-state index contributed by atoms with van der Waals surface area (Å²) in [7, 11) is 0. The van der Waals surface area contributed by atoms with Crippen molar-refractivity contribution in [2.45, 2.75) is 19.0 Å². The number of aromatic nitrogens is 3. The van der Waals surface area contributed by atoms with Crippen LogP contribution in [0.4, 0.5) is 0 Å². The predicted molar refractivity (Wildman–Crippen MR) is 154 cm³/mol. The summed E-state index contributed by atoms with van der Waals surface area (Å²) in [4.78, 5) is 34.1. The van der Waals surface area contributed by atoms with Crippen molar-refractivity contribution in [2.24, 2.45) is 0 Å². The SMILES string of the molecule is O=C(N[C@@H](Cc1ccc(O)cc1)Cn1ccnc1)c1cc(C(=O)O)c2cc(C=Cc3ccc(Cl)cc3)ccc2n1.